The van der Waals surface area contributed by atoms with Gasteiger partial charge in [0.25, 0.3) is 5.91 Å². The molecule has 1 aliphatic carbocycles. The zero-order chi connectivity index (χ0) is 23.2. The first-order valence-corrected chi connectivity index (χ1v) is 10.8. The maximum atomic E-state index is 14.9. The second-order valence-corrected chi connectivity index (χ2v) is 9.03. The van der Waals surface area contributed by atoms with Crippen LogP contribution in [-0.4, -0.2) is 22.5 Å². The predicted molar refractivity (Wildman–Crippen MR) is 125 cm³/mol. The molecule has 1 saturated heterocycles. The minimum atomic E-state index is -1.03. The van der Waals surface area contributed by atoms with E-state index in [1.165, 1.54) is 11.0 Å². The molecule has 32 heavy (non-hydrogen) atoms. The minimum Gasteiger partial charge on any atom is -0.352 e. The molecular weight excluding hydrogens is 427 g/mol. The van der Waals surface area contributed by atoms with Crippen molar-refractivity contribution in [2.75, 3.05) is 9.80 Å². The molecule has 2 fully saturated rings. The van der Waals surface area contributed by atoms with E-state index in [0.29, 0.717) is 22.6 Å². The average Bonchev–Trinajstić information content (AvgIpc) is 3.56. The van der Waals surface area contributed by atoms with Crippen molar-refractivity contribution < 1.29 is 14.0 Å². The molecular formula is C24H23FN4O2S. The third-order valence-electron chi connectivity index (χ3n) is 5.92. The number of hydrogen-bond donors (Lipinski definition) is 1. The maximum absolute atomic E-state index is 14.9. The number of benzene rings is 2. The Morgan fingerprint density at radius 1 is 1.25 bits per heavy atom. The molecule has 2 amide bonds. The van der Waals surface area contributed by atoms with Gasteiger partial charge in [-0.2, -0.15) is 0 Å². The molecule has 0 unspecified atom stereocenters. The van der Waals surface area contributed by atoms with Gasteiger partial charge in [0.1, 0.15) is 11.4 Å². The van der Waals surface area contributed by atoms with Crippen LogP contribution in [0.2, 0.25) is 0 Å². The van der Waals surface area contributed by atoms with Gasteiger partial charge in [0.2, 0.25) is 5.91 Å². The van der Waals surface area contributed by atoms with Crippen LogP contribution in [0.15, 0.2) is 36.4 Å². The quantitative estimate of drug-likeness (QED) is 0.533. The van der Waals surface area contributed by atoms with Crippen LogP contribution in [0.4, 0.5) is 21.5 Å². The Hall–Kier alpha value is -3.31. The summed E-state index contributed by atoms with van der Waals surface area (Å²) in [7, 11) is 0. The van der Waals surface area contributed by atoms with Crippen molar-refractivity contribution in [3.8, 4) is 0 Å². The highest BCUT2D eigenvalue weighted by Gasteiger charge is 2.50. The van der Waals surface area contributed by atoms with Crippen molar-refractivity contribution in [3.63, 3.8) is 0 Å². The Morgan fingerprint density at radius 3 is 2.53 bits per heavy atom. The summed E-state index contributed by atoms with van der Waals surface area (Å²) in [6, 6.07) is 9.77. The van der Waals surface area contributed by atoms with Crippen molar-refractivity contribution >= 4 is 46.2 Å². The zero-order valence-corrected chi connectivity index (χ0v) is 18.9. The number of thiocarbonyl (C=S) groups is 1. The van der Waals surface area contributed by atoms with Crippen LogP contribution in [0, 0.1) is 25.2 Å². The molecule has 4 rings (SSSR count). The fraction of sp³-hybridized carbons (Fsp3) is 0.333. The lowest BCUT2D eigenvalue weighted by atomic mass is 10.0. The molecule has 2 aliphatic rings. The maximum Gasteiger partial charge on any atom is 0.259 e. The standard InChI is InChI=1S/C24H23FN4O2S/c1-14-11-17(9-10-20(14)26-4)28-22(31)24(2,3)29(23(28)32)18-8-7-16(19(25)12-18)13-27-21(30)15-5-6-15/h7-12,15H,5-6,13H2,1-3H3,(H,27,30). The number of aryl methyl sites for hydroxylation is 1. The molecule has 2 aromatic rings. The van der Waals surface area contributed by atoms with E-state index < -0.39 is 11.4 Å². The van der Waals surface area contributed by atoms with Crippen LogP contribution < -0.4 is 15.1 Å². The zero-order valence-electron chi connectivity index (χ0n) is 18.1. The van der Waals surface area contributed by atoms with Crippen molar-refractivity contribution in [2.45, 2.75) is 45.7 Å². The van der Waals surface area contributed by atoms with Crippen LogP contribution in [0.25, 0.3) is 4.85 Å². The van der Waals surface area contributed by atoms with E-state index in [9.17, 15) is 14.0 Å². The molecule has 1 N–H and O–H groups in total. The fourth-order valence-electron chi connectivity index (χ4n) is 3.85. The molecule has 0 radical (unpaired) electrons. The number of carbonyl (C=O) groups excluding carboxylic acids is 2. The van der Waals surface area contributed by atoms with Gasteiger partial charge in [-0.15, -0.1) is 0 Å². The van der Waals surface area contributed by atoms with Crippen molar-refractivity contribution in [1.82, 2.24) is 5.32 Å². The molecule has 6 nitrogen and oxygen atoms in total. The van der Waals surface area contributed by atoms with E-state index in [1.807, 2.05) is 0 Å². The Labute approximate surface area is 191 Å². The number of rotatable bonds is 5. The van der Waals surface area contributed by atoms with E-state index in [-0.39, 0.29) is 29.4 Å². The van der Waals surface area contributed by atoms with Gasteiger partial charge >= 0.3 is 0 Å². The van der Waals surface area contributed by atoms with Gasteiger partial charge in [0.15, 0.2) is 10.8 Å². The van der Waals surface area contributed by atoms with Gasteiger partial charge in [-0.1, -0.05) is 12.1 Å². The monoisotopic (exact) mass is 450 g/mol. The lowest BCUT2D eigenvalue weighted by Crippen LogP contribution is -2.44. The van der Waals surface area contributed by atoms with E-state index >= 15 is 0 Å². The number of carbonyl (C=O) groups is 2. The van der Waals surface area contributed by atoms with E-state index in [2.05, 4.69) is 10.2 Å². The Bertz CT molecular complexity index is 1180. The first kappa shape index (κ1) is 21.9. The van der Waals surface area contributed by atoms with Crippen LogP contribution in [0.5, 0.6) is 0 Å². The van der Waals surface area contributed by atoms with Gasteiger partial charge in [-0.05, 0) is 75.7 Å². The van der Waals surface area contributed by atoms with Gasteiger partial charge in [0.05, 0.1) is 6.57 Å². The molecule has 0 atom stereocenters. The number of hydrogen-bond acceptors (Lipinski definition) is 3. The SMILES string of the molecule is [C-]#[N+]c1ccc(N2C(=O)C(C)(C)N(c3ccc(CNC(=O)C4CC4)c(F)c3)C2=S)cc1C. The highest BCUT2D eigenvalue weighted by atomic mass is 32.1. The molecule has 1 saturated carbocycles. The van der Waals surface area contributed by atoms with E-state index in [0.717, 1.165) is 18.4 Å². The summed E-state index contributed by atoms with van der Waals surface area (Å²) in [4.78, 5) is 31.7. The number of nitrogens with zero attached hydrogens (tertiary/aromatic N) is 3. The molecule has 2 aromatic carbocycles. The summed E-state index contributed by atoms with van der Waals surface area (Å²) in [6.07, 6.45) is 1.78. The van der Waals surface area contributed by atoms with Gasteiger partial charge in [-0.25, -0.2) is 9.24 Å². The van der Waals surface area contributed by atoms with Crippen LogP contribution in [-0.2, 0) is 16.1 Å². The summed E-state index contributed by atoms with van der Waals surface area (Å²) in [5.74, 6) is -0.695. The second kappa shape index (κ2) is 7.99. The number of anilines is 2. The highest BCUT2D eigenvalue weighted by molar-refractivity contribution is 7.81. The topological polar surface area (TPSA) is 57.0 Å². The molecule has 0 aromatic heterocycles. The molecule has 8 heteroatoms. The fourth-order valence-corrected chi connectivity index (χ4v) is 4.37. The van der Waals surface area contributed by atoms with Gasteiger partial charge < -0.3 is 10.2 Å². The van der Waals surface area contributed by atoms with Gasteiger partial charge in [0, 0.05) is 29.4 Å². The van der Waals surface area contributed by atoms with Crippen molar-refractivity contribution in [2.24, 2.45) is 5.92 Å². The smallest absolute Gasteiger partial charge is 0.259 e. The third-order valence-corrected chi connectivity index (χ3v) is 6.29. The molecule has 0 bridgehead atoms. The summed E-state index contributed by atoms with van der Waals surface area (Å²) in [6.45, 7) is 12.6. The Morgan fingerprint density at radius 2 is 1.94 bits per heavy atom. The van der Waals surface area contributed by atoms with Crippen LogP contribution >= 0.6 is 12.2 Å². The largest absolute Gasteiger partial charge is 0.352 e. The first-order chi connectivity index (χ1) is 15.1. The van der Waals surface area contributed by atoms with Crippen LogP contribution in [0.1, 0.15) is 37.8 Å². The molecule has 1 heterocycles. The third kappa shape index (κ3) is 3.73. The summed E-state index contributed by atoms with van der Waals surface area (Å²) < 4.78 is 14.9. The van der Waals surface area contributed by atoms with Crippen molar-refractivity contribution in [3.05, 3.63) is 64.8 Å². The molecule has 0 spiro atoms. The lowest BCUT2D eigenvalue weighted by molar-refractivity contribution is -0.122. The normalized spacial score (nSPS) is 17.5. The minimum absolute atomic E-state index is 0.0453. The van der Waals surface area contributed by atoms with Crippen molar-refractivity contribution in [1.29, 1.82) is 0 Å². The summed E-state index contributed by atoms with van der Waals surface area (Å²) >= 11 is 5.64. The molecule has 164 valence electrons. The molecule has 1 aliphatic heterocycles. The average molecular weight is 451 g/mol. The Kier molecular flexibility index (Phi) is 5.47. The number of halogens is 1. The summed E-state index contributed by atoms with van der Waals surface area (Å²) in [5, 5.41) is 3.00. The van der Waals surface area contributed by atoms with E-state index in [4.69, 9.17) is 18.8 Å². The predicted octanol–water partition coefficient (Wildman–Crippen LogP) is 4.63. The van der Waals surface area contributed by atoms with Gasteiger partial charge in [-0.3, -0.25) is 14.5 Å². The first-order valence-electron chi connectivity index (χ1n) is 10.4. The number of nitrogens with one attached hydrogen (secondary N) is 1. The summed E-state index contributed by atoms with van der Waals surface area (Å²) in [5.41, 5.74) is 1.62. The van der Waals surface area contributed by atoms with E-state index in [1.54, 1.807) is 56.0 Å². The Balaban J connectivity index is 1.61. The number of amides is 2. The lowest BCUT2D eigenvalue weighted by Gasteiger charge is -2.29. The highest BCUT2D eigenvalue weighted by Crippen LogP contribution is 2.38. The second-order valence-electron chi connectivity index (χ2n) is 8.67. The van der Waals surface area contributed by atoms with Crippen LogP contribution in [0.3, 0.4) is 0 Å².